The van der Waals surface area contributed by atoms with E-state index in [-0.39, 0.29) is 11.8 Å². The summed E-state index contributed by atoms with van der Waals surface area (Å²) in [6.07, 6.45) is -6.08. The molecule has 7 heteroatoms. The average Bonchev–Trinajstić information content (AvgIpc) is 2.55. The molecule has 0 aliphatic carbocycles. The summed E-state index contributed by atoms with van der Waals surface area (Å²) >= 11 is 0. The molecule has 2 aromatic rings. The van der Waals surface area contributed by atoms with Crippen molar-refractivity contribution in [3.63, 3.8) is 0 Å². The Morgan fingerprint density at radius 2 is 1.63 bits per heavy atom. The van der Waals surface area contributed by atoms with Gasteiger partial charge in [-0.15, -0.1) is 0 Å². The number of hydrogen-bond acceptors (Lipinski definition) is 3. The summed E-state index contributed by atoms with van der Waals surface area (Å²) in [4.78, 5) is 12.1. The third-order valence-corrected chi connectivity index (χ3v) is 3.72. The Bertz CT molecular complexity index is 787. The largest absolute Gasteiger partial charge is 0.489 e. The number of hydrogen-bond donors (Lipinski definition) is 1. The van der Waals surface area contributed by atoms with Crippen LogP contribution in [0.25, 0.3) is 11.1 Å². The van der Waals surface area contributed by atoms with Crippen LogP contribution in [0.3, 0.4) is 0 Å². The number of carbonyl (C=O) groups is 1. The van der Waals surface area contributed by atoms with Crippen LogP contribution in [0.2, 0.25) is 0 Å². The Morgan fingerprint density at radius 3 is 2.19 bits per heavy atom. The second-order valence-corrected chi connectivity index (χ2v) is 6.77. The predicted molar refractivity (Wildman–Crippen MR) is 97.9 cm³/mol. The number of rotatable bonds is 5. The van der Waals surface area contributed by atoms with Gasteiger partial charge in [0.2, 0.25) is 5.60 Å². The predicted octanol–water partition coefficient (Wildman–Crippen LogP) is 6.03. The monoisotopic (exact) mass is 381 g/mol. The van der Waals surface area contributed by atoms with Gasteiger partial charge in [0.25, 0.3) is 0 Å². The van der Waals surface area contributed by atoms with E-state index in [1.807, 2.05) is 36.4 Å². The number of amides is 1. The summed E-state index contributed by atoms with van der Waals surface area (Å²) in [5, 5.41) is 2.37. The van der Waals surface area contributed by atoms with Crippen molar-refractivity contribution in [2.75, 3.05) is 5.32 Å². The maximum Gasteiger partial charge on any atom is 0.427 e. The van der Waals surface area contributed by atoms with Crippen molar-refractivity contribution in [2.24, 2.45) is 0 Å². The van der Waals surface area contributed by atoms with Gasteiger partial charge < -0.3 is 9.47 Å². The van der Waals surface area contributed by atoms with Crippen LogP contribution in [-0.2, 0) is 4.74 Å². The number of alkyl halides is 3. The molecule has 0 aromatic heterocycles. The van der Waals surface area contributed by atoms with Gasteiger partial charge in [0, 0.05) is 0 Å². The van der Waals surface area contributed by atoms with Crippen molar-refractivity contribution in [3.05, 3.63) is 48.5 Å². The summed E-state index contributed by atoms with van der Waals surface area (Å²) in [6.45, 7) is 5.19. The van der Waals surface area contributed by atoms with E-state index < -0.39 is 17.9 Å². The molecule has 4 nitrogen and oxygen atoms in total. The van der Waals surface area contributed by atoms with Gasteiger partial charge in [-0.1, -0.05) is 36.4 Å². The van der Waals surface area contributed by atoms with Crippen molar-refractivity contribution in [1.82, 2.24) is 0 Å². The number of benzene rings is 2. The summed E-state index contributed by atoms with van der Waals surface area (Å²) in [5.41, 5.74) is -0.724. The lowest BCUT2D eigenvalue weighted by molar-refractivity contribution is -0.242. The van der Waals surface area contributed by atoms with Crippen LogP contribution in [0, 0.1) is 0 Å². The maximum atomic E-state index is 12.9. The van der Waals surface area contributed by atoms with Gasteiger partial charge in [-0.3, -0.25) is 5.32 Å². The number of halogens is 3. The highest BCUT2D eigenvalue weighted by molar-refractivity contribution is 5.88. The maximum absolute atomic E-state index is 12.9. The first kappa shape index (κ1) is 20.6. The van der Waals surface area contributed by atoms with Gasteiger partial charge in [-0.25, -0.2) is 4.79 Å². The molecule has 0 aliphatic rings. The Morgan fingerprint density at radius 1 is 1.00 bits per heavy atom. The highest BCUT2D eigenvalue weighted by Gasteiger charge is 2.51. The second-order valence-electron chi connectivity index (χ2n) is 6.77. The summed E-state index contributed by atoms with van der Waals surface area (Å²) in [5.74, 6) is 0.339. The van der Waals surface area contributed by atoms with Crippen molar-refractivity contribution >= 4 is 11.8 Å². The molecule has 1 amide bonds. The number of nitrogens with one attached hydrogen (secondary N) is 1. The lowest BCUT2D eigenvalue weighted by atomic mass is 10.0. The first-order valence-electron chi connectivity index (χ1n) is 8.42. The molecule has 0 radical (unpaired) electrons. The van der Waals surface area contributed by atoms with Crippen LogP contribution in [0.1, 0.15) is 27.7 Å². The minimum atomic E-state index is -4.69. The molecule has 0 unspecified atom stereocenters. The van der Waals surface area contributed by atoms with Crippen LogP contribution in [0.4, 0.5) is 23.7 Å². The van der Waals surface area contributed by atoms with Gasteiger partial charge >= 0.3 is 12.3 Å². The second kappa shape index (κ2) is 7.90. The van der Waals surface area contributed by atoms with Gasteiger partial charge in [0.05, 0.1) is 11.8 Å². The zero-order chi connectivity index (χ0) is 20.2. The van der Waals surface area contributed by atoms with E-state index in [4.69, 9.17) is 4.74 Å². The standard InChI is InChI=1S/C20H22F3NO3/c1-13(2)26-17-11-10-15(14-8-6-5-7-9-14)12-16(17)24-18(25)27-19(3,4)20(21,22)23/h5-13H,1-4H3,(H,24,25). The molecule has 1 N–H and O–H groups in total. The molecule has 146 valence electrons. The van der Waals surface area contributed by atoms with Crippen molar-refractivity contribution in [2.45, 2.75) is 45.6 Å². The van der Waals surface area contributed by atoms with Gasteiger partial charge in [0.15, 0.2) is 0 Å². The average molecular weight is 381 g/mol. The summed E-state index contributed by atoms with van der Waals surface area (Å²) in [7, 11) is 0. The molecule has 0 spiro atoms. The SMILES string of the molecule is CC(C)Oc1ccc(-c2ccccc2)cc1NC(=O)OC(C)(C)C(F)(F)F. The van der Waals surface area contributed by atoms with E-state index in [9.17, 15) is 18.0 Å². The fourth-order valence-electron chi connectivity index (χ4n) is 2.22. The quantitative estimate of drug-likeness (QED) is 0.688. The summed E-state index contributed by atoms with van der Waals surface area (Å²) in [6, 6.07) is 14.5. The first-order chi connectivity index (χ1) is 12.5. The Labute approximate surface area is 156 Å². The summed E-state index contributed by atoms with van der Waals surface area (Å²) < 4.78 is 49.0. The van der Waals surface area contributed by atoms with Crippen LogP contribution in [-0.4, -0.2) is 24.0 Å². The first-order valence-corrected chi connectivity index (χ1v) is 8.42. The molecule has 0 bridgehead atoms. The topological polar surface area (TPSA) is 47.6 Å². The van der Waals surface area contributed by atoms with Gasteiger partial charge in [0.1, 0.15) is 5.75 Å². The third-order valence-electron chi connectivity index (χ3n) is 3.72. The minimum Gasteiger partial charge on any atom is -0.489 e. The Kier molecular flexibility index (Phi) is 6.03. The fraction of sp³-hybridized carbons (Fsp3) is 0.350. The van der Waals surface area contributed by atoms with Crippen molar-refractivity contribution < 1.29 is 27.4 Å². The highest BCUT2D eigenvalue weighted by Crippen LogP contribution is 2.35. The molecule has 0 heterocycles. The molecule has 0 saturated carbocycles. The third kappa shape index (κ3) is 5.39. The van der Waals surface area contributed by atoms with Crippen LogP contribution in [0.15, 0.2) is 48.5 Å². The lowest BCUT2D eigenvalue weighted by Crippen LogP contribution is -2.44. The van der Waals surface area contributed by atoms with Gasteiger partial charge in [-0.2, -0.15) is 13.2 Å². The smallest absolute Gasteiger partial charge is 0.427 e. The molecule has 0 aliphatic heterocycles. The zero-order valence-electron chi connectivity index (χ0n) is 15.6. The normalized spacial score (nSPS) is 12.0. The van der Waals surface area contributed by atoms with Crippen LogP contribution in [0.5, 0.6) is 5.75 Å². The van der Waals surface area contributed by atoms with E-state index in [0.29, 0.717) is 5.75 Å². The Balaban J connectivity index is 2.30. The minimum absolute atomic E-state index is 0.184. The molecule has 0 fully saturated rings. The van der Waals surface area contributed by atoms with Crippen molar-refractivity contribution in [1.29, 1.82) is 0 Å². The molecule has 27 heavy (non-hydrogen) atoms. The van der Waals surface area contributed by atoms with Crippen molar-refractivity contribution in [3.8, 4) is 16.9 Å². The molecular weight excluding hydrogens is 359 g/mol. The van der Waals surface area contributed by atoms with E-state index in [1.165, 1.54) is 0 Å². The number of anilines is 1. The van der Waals surface area contributed by atoms with E-state index in [0.717, 1.165) is 25.0 Å². The van der Waals surface area contributed by atoms with E-state index >= 15 is 0 Å². The van der Waals surface area contributed by atoms with Crippen LogP contribution < -0.4 is 10.1 Å². The number of ether oxygens (including phenoxy) is 2. The molecule has 2 rings (SSSR count). The molecular formula is C20H22F3NO3. The number of carbonyl (C=O) groups excluding carboxylic acids is 1. The van der Waals surface area contributed by atoms with Crippen LogP contribution >= 0.6 is 0 Å². The molecule has 2 aromatic carbocycles. The zero-order valence-corrected chi connectivity index (χ0v) is 15.6. The fourth-order valence-corrected chi connectivity index (χ4v) is 2.22. The molecule has 0 saturated heterocycles. The highest BCUT2D eigenvalue weighted by atomic mass is 19.4. The van der Waals surface area contributed by atoms with E-state index in [2.05, 4.69) is 10.1 Å². The lowest BCUT2D eigenvalue weighted by Gasteiger charge is -2.27. The Hall–Kier alpha value is -2.70. The molecule has 0 atom stereocenters. The van der Waals surface area contributed by atoms with E-state index in [1.54, 1.807) is 26.0 Å². The van der Waals surface area contributed by atoms with Gasteiger partial charge in [-0.05, 0) is 51.0 Å².